The molecule has 1 unspecified atom stereocenters. The number of furan rings is 1. The minimum Gasteiger partial charge on any atom is -0.469 e. The van der Waals surface area contributed by atoms with E-state index in [1.54, 1.807) is 6.26 Å². The lowest BCUT2D eigenvalue weighted by molar-refractivity contribution is 0.271. The average Bonchev–Trinajstić information content (AvgIpc) is 2.38. The Morgan fingerprint density at radius 1 is 1.70 bits per heavy atom. The van der Waals surface area contributed by atoms with E-state index in [0.29, 0.717) is 5.92 Å². The first kappa shape index (κ1) is 7.35. The Bertz CT molecular complexity index is 167. The Kier molecular flexibility index (Phi) is 2.51. The molecule has 10 heavy (non-hydrogen) atoms. The average molecular weight is 140 g/mol. The summed E-state index contributed by atoms with van der Waals surface area (Å²) in [6, 6.07) is 3.80. The van der Waals surface area contributed by atoms with Crippen LogP contribution in [0.15, 0.2) is 22.8 Å². The molecule has 2 nitrogen and oxygen atoms in total. The first-order valence-corrected chi connectivity index (χ1v) is 3.49. The van der Waals surface area contributed by atoms with Crippen molar-refractivity contribution in [3.8, 4) is 0 Å². The SMILES string of the molecule is CC(CCO)c1ccco1. The molecule has 0 spiro atoms. The Hall–Kier alpha value is -0.760. The fourth-order valence-electron chi connectivity index (χ4n) is 0.908. The lowest BCUT2D eigenvalue weighted by atomic mass is 10.1. The summed E-state index contributed by atoms with van der Waals surface area (Å²) in [5.74, 6) is 1.29. The molecule has 2 heteroatoms. The molecule has 1 atom stereocenters. The molecule has 0 amide bonds. The molecule has 0 saturated carbocycles. The van der Waals surface area contributed by atoms with Gasteiger partial charge in [0.1, 0.15) is 5.76 Å². The summed E-state index contributed by atoms with van der Waals surface area (Å²) in [6.45, 7) is 2.26. The van der Waals surface area contributed by atoms with Crippen molar-refractivity contribution < 1.29 is 9.52 Å². The molecular weight excluding hydrogens is 128 g/mol. The molecule has 1 aromatic heterocycles. The maximum Gasteiger partial charge on any atom is 0.106 e. The van der Waals surface area contributed by atoms with E-state index in [1.165, 1.54) is 0 Å². The minimum absolute atomic E-state index is 0.224. The van der Waals surface area contributed by atoms with Crippen LogP contribution >= 0.6 is 0 Å². The van der Waals surface area contributed by atoms with Crippen molar-refractivity contribution in [1.82, 2.24) is 0 Å². The Balaban J connectivity index is 2.50. The first-order valence-electron chi connectivity index (χ1n) is 3.49. The lowest BCUT2D eigenvalue weighted by Gasteiger charge is -2.03. The van der Waals surface area contributed by atoms with Crippen LogP contribution in [0.2, 0.25) is 0 Å². The van der Waals surface area contributed by atoms with Crippen LogP contribution in [0.3, 0.4) is 0 Å². The smallest absolute Gasteiger partial charge is 0.106 e. The van der Waals surface area contributed by atoms with Crippen molar-refractivity contribution in [2.24, 2.45) is 0 Å². The van der Waals surface area contributed by atoms with Gasteiger partial charge in [0.2, 0.25) is 0 Å². The molecule has 0 saturated heterocycles. The van der Waals surface area contributed by atoms with Crippen LogP contribution in [0.1, 0.15) is 25.0 Å². The summed E-state index contributed by atoms with van der Waals surface area (Å²) in [7, 11) is 0. The zero-order valence-electron chi connectivity index (χ0n) is 6.08. The van der Waals surface area contributed by atoms with Crippen molar-refractivity contribution in [2.45, 2.75) is 19.3 Å². The van der Waals surface area contributed by atoms with E-state index < -0.39 is 0 Å². The molecule has 1 N–H and O–H groups in total. The third-order valence-electron chi connectivity index (χ3n) is 1.59. The number of hydrogen-bond acceptors (Lipinski definition) is 2. The van der Waals surface area contributed by atoms with Gasteiger partial charge < -0.3 is 9.52 Å². The topological polar surface area (TPSA) is 33.4 Å². The summed E-state index contributed by atoms with van der Waals surface area (Å²) < 4.78 is 5.14. The van der Waals surface area contributed by atoms with E-state index in [-0.39, 0.29) is 6.61 Å². The van der Waals surface area contributed by atoms with Gasteiger partial charge in [-0.2, -0.15) is 0 Å². The van der Waals surface area contributed by atoms with Crippen LogP contribution in [0.5, 0.6) is 0 Å². The molecule has 0 aliphatic carbocycles. The van der Waals surface area contributed by atoms with Crippen LogP contribution < -0.4 is 0 Å². The normalized spacial score (nSPS) is 13.4. The predicted octanol–water partition coefficient (Wildman–Crippen LogP) is 1.77. The quantitative estimate of drug-likeness (QED) is 0.694. The summed E-state index contributed by atoms with van der Waals surface area (Å²) in [5.41, 5.74) is 0. The van der Waals surface area contributed by atoms with Crippen LogP contribution in [0.4, 0.5) is 0 Å². The van der Waals surface area contributed by atoms with Crippen molar-refractivity contribution in [1.29, 1.82) is 0 Å². The van der Waals surface area contributed by atoms with Crippen LogP contribution in [0, 0.1) is 0 Å². The van der Waals surface area contributed by atoms with Crippen LogP contribution in [-0.4, -0.2) is 11.7 Å². The van der Waals surface area contributed by atoms with Gasteiger partial charge in [0, 0.05) is 12.5 Å². The molecule has 0 radical (unpaired) electrons. The van der Waals surface area contributed by atoms with Crippen molar-refractivity contribution in [3.05, 3.63) is 24.2 Å². The highest BCUT2D eigenvalue weighted by molar-refractivity contribution is 5.03. The highest BCUT2D eigenvalue weighted by Gasteiger charge is 2.05. The Labute approximate surface area is 60.5 Å². The van der Waals surface area contributed by atoms with E-state index in [1.807, 2.05) is 19.1 Å². The fourth-order valence-corrected chi connectivity index (χ4v) is 0.908. The van der Waals surface area contributed by atoms with Gasteiger partial charge in [-0.25, -0.2) is 0 Å². The molecule has 56 valence electrons. The van der Waals surface area contributed by atoms with E-state index in [9.17, 15) is 0 Å². The molecule has 1 aromatic rings. The van der Waals surface area contributed by atoms with E-state index in [2.05, 4.69) is 0 Å². The Morgan fingerprint density at radius 2 is 2.50 bits per heavy atom. The molecule has 1 heterocycles. The molecular formula is C8H12O2. The van der Waals surface area contributed by atoms with Gasteiger partial charge in [0.25, 0.3) is 0 Å². The van der Waals surface area contributed by atoms with Gasteiger partial charge in [-0.15, -0.1) is 0 Å². The standard InChI is InChI=1S/C8H12O2/c1-7(4-5-9)8-3-2-6-10-8/h2-3,6-7,9H,4-5H2,1H3. The number of aliphatic hydroxyl groups is 1. The summed E-state index contributed by atoms with van der Waals surface area (Å²) in [5, 5.41) is 8.59. The Morgan fingerprint density at radius 3 is 3.00 bits per heavy atom. The van der Waals surface area contributed by atoms with Gasteiger partial charge in [0.15, 0.2) is 0 Å². The molecule has 0 fully saturated rings. The minimum atomic E-state index is 0.224. The number of hydrogen-bond donors (Lipinski definition) is 1. The van der Waals surface area contributed by atoms with E-state index >= 15 is 0 Å². The highest BCUT2D eigenvalue weighted by atomic mass is 16.3. The largest absolute Gasteiger partial charge is 0.469 e. The molecule has 0 aliphatic rings. The molecule has 0 aliphatic heterocycles. The van der Waals surface area contributed by atoms with Gasteiger partial charge in [-0.1, -0.05) is 6.92 Å². The fraction of sp³-hybridized carbons (Fsp3) is 0.500. The van der Waals surface area contributed by atoms with E-state index in [0.717, 1.165) is 12.2 Å². The van der Waals surface area contributed by atoms with Crippen LogP contribution in [-0.2, 0) is 0 Å². The first-order chi connectivity index (χ1) is 4.84. The number of aliphatic hydroxyl groups excluding tert-OH is 1. The third-order valence-corrected chi connectivity index (χ3v) is 1.59. The summed E-state index contributed by atoms with van der Waals surface area (Å²) in [4.78, 5) is 0. The van der Waals surface area contributed by atoms with Crippen LogP contribution in [0.25, 0.3) is 0 Å². The van der Waals surface area contributed by atoms with Crippen molar-refractivity contribution in [3.63, 3.8) is 0 Å². The van der Waals surface area contributed by atoms with Gasteiger partial charge in [0.05, 0.1) is 6.26 Å². The zero-order valence-corrected chi connectivity index (χ0v) is 6.08. The second-order valence-electron chi connectivity index (χ2n) is 2.43. The highest BCUT2D eigenvalue weighted by Crippen LogP contribution is 2.17. The van der Waals surface area contributed by atoms with Gasteiger partial charge in [-0.3, -0.25) is 0 Å². The van der Waals surface area contributed by atoms with Gasteiger partial charge in [-0.05, 0) is 18.6 Å². The molecule has 0 bridgehead atoms. The third kappa shape index (κ3) is 1.61. The second-order valence-corrected chi connectivity index (χ2v) is 2.43. The van der Waals surface area contributed by atoms with E-state index in [4.69, 9.17) is 9.52 Å². The zero-order chi connectivity index (χ0) is 7.40. The molecule has 0 aromatic carbocycles. The second kappa shape index (κ2) is 3.42. The predicted molar refractivity (Wildman–Crippen MR) is 38.8 cm³/mol. The summed E-state index contributed by atoms with van der Waals surface area (Å²) >= 11 is 0. The molecule has 1 rings (SSSR count). The van der Waals surface area contributed by atoms with Gasteiger partial charge >= 0.3 is 0 Å². The van der Waals surface area contributed by atoms with Crippen molar-refractivity contribution >= 4 is 0 Å². The maximum absolute atomic E-state index is 8.59. The monoisotopic (exact) mass is 140 g/mol. The number of rotatable bonds is 3. The summed E-state index contributed by atoms with van der Waals surface area (Å²) in [6.07, 6.45) is 2.43. The lowest BCUT2D eigenvalue weighted by Crippen LogP contribution is -1.94. The maximum atomic E-state index is 8.59. The van der Waals surface area contributed by atoms with Crippen molar-refractivity contribution in [2.75, 3.05) is 6.61 Å².